The Labute approximate surface area is 132 Å². The number of carbonyl (C=O) groups excluding carboxylic acids is 1. The highest BCUT2D eigenvalue weighted by Gasteiger charge is 2.36. The molecule has 2 N–H and O–H groups in total. The van der Waals surface area contributed by atoms with Gasteiger partial charge in [-0.1, -0.05) is 0 Å². The summed E-state index contributed by atoms with van der Waals surface area (Å²) in [6.45, 7) is 5.96. The van der Waals surface area contributed by atoms with Gasteiger partial charge >= 0.3 is 5.97 Å². The van der Waals surface area contributed by atoms with Gasteiger partial charge in [-0.25, -0.2) is 9.18 Å². The van der Waals surface area contributed by atoms with Crippen LogP contribution in [0.4, 0.5) is 4.39 Å². The number of halogens is 2. The van der Waals surface area contributed by atoms with Crippen molar-refractivity contribution in [3.05, 3.63) is 33.1 Å². The van der Waals surface area contributed by atoms with E-state index < -0.39 is 17.4 Å². The first kappa shape index (κ1) is 15.7. The van der Waals surface area contributed by atoms with Crippen LogP contribution in [0.3, 0.4) is 0 Å². The molecule has 0 aliphatic carbocycles. The molecule has 0 spiro atoms. The second-order valence-corrected chi connectivity index (χ2v) is 7.00. The van der Waals surface area contributed by atoms with Crippen molar-refractivity contribution in [1.82, 2.24) is 0 Å². The lowest BCUT2D eigenvalue weighted by atomic mass is 9.83. The summed E-state index contributed by atoms with van der Waals surface area (Å²) in [4.78, 5) is 12.2. The number of quaternary nitrogens is 1. The Morgan fingerprint density at radius 3 is 2.70 bits per heavy atom. The number of hydrogen-bond donors (Lipinski definition) is 1. The van der Waals surface area contributed by atoms with Crippen LogP contribution < -0.4 is 5.32 Å². The summed E-state index contributed by atoms with van der Waals surface area (Å²) in [5.74, 6) is -0.758. The molecule has 5 heteroatoms. The van der Waals surface area contributed by atoms with Crippen molar-refractivity contribution < 1.29 is 19.2 Å². The molecule has 1 aliphatic rings. The lowest BCUT2D eigenvalue weighted by Crippen LogP contribution is -2.86. The summed E-state index contributed by atoms with van der Waals surface area (Å²) < 4.78 is 20.2. The molecular weight excluding hydrogens is 372 g/mol. The van der Waals surface area contributed by atoms with E-state index in [-0.39, 0.29) is 5.56 Å². The fourth-order valence-electron chi connectivity index (χ4n) is 2.65. The molecule has 110 valence electrons. The number of rotatable bonds is 3. The summed E-state index contributed by atoms with van der Waals surface area (Å²) in [5.41, 5.74) is -0.536. The topological polar surface area (TPSA) is 42.9 Å². The lowest BCUT2D eigenvalue weighted by molar-refractivity contribution is -0.665. The van der Waals surface area contributed by atoms with E-state index in [9.17, 15) is 9.18 Å². The van der Waals surface area contributed by atoms with Gasteiger partial charge in [0.1, 0.15) is 11.4 Å². The minimum absolute atomic E-state index is 0.0207. The van der Waals surface area contributed by atoms with E-state index in [0.717, 1.165) is 29.5 Å². The Bertz CT molecular complexity index is 499. The Hall–Kier alpha value is -0.690. The number of hydrogen-bond acceptors (Lipinski definition) is 2. The predicted octanol–water partition coefficient (Wildman–Crippen LogP) is 2.34. The van der Waals surface area contributed by atoms with E-state index in [2.05, 4.69) is 27.9 Å². The third-order valence-corrected chi connectivity index (χ3v) is 4.60. The molecule has 2 rings (SSSR count). The molecule has 20 heavy (non-hydrogen) atoms. The molecule has 0 atom stereocenters. The van der Waals surface area contributed by atoms with Gasteiger partial charge in [0.25, 0.3) is 0 Å². The Balaban J connectivity index is 2.11. The van der Waals surface area contributed by atoms with Crippen LogP contribution in [0.15, 0.2) is 18.2 Å². The molecule has 0 amide bonds. The predicted molar refractivity (Wildman–Crippen MR) is 83.0 cm³/mol. The maximum absolute atomic E-state index is 13.7. The molecule has 3 nitrogen and oxygen atoms in total. The fraction of sp³-hybridized carbons (Fsp3) is 0.533. The zero-order chi connectivity index (χ0) is 14.8. The zero-order valence-corrected chi connectivity index (χ0v) is 13.9. The van der Waals surface area contributed by atoms with Crippen LogP contribution in [-0.4, -0.2) is 24.7 Å². The van der Waals surface area contributed by atoms with E-state index in [4.69, 9.17) is 4.74 Å². The Kier molecular flexibility index (Phi) is 5.01. The van der Waals surface area contributed by atoms with Gasteiger partial charge in [0.15, 0.2) is 0 Å². The summed E-state index contributed by atoms with van der Waals surface area (Å²) in [6, 6.07) is 4.47. The van der Waals surface area contributed by atoms with E-state index in [0.29, 0.717) is 5.92 Å². The van der Waals surface area contributed by atoms with Crippen LogP contribution in [0.1, 0.15) is 37.0 Å². The normalized spacial score (nSPS) is 17.0. The van der Waals surface area contributed by atoms with Crippen LogP contribution in [-0.2, 0) is 4.74 Å². The van der Waals surface area contributed by atoms with E-state index in [1.54, 1.807) is 6.07 Å². The standard InChI is InChI=1S/C15H19FINO2/c1-15(2,10-5-7-18-8-6-10)20-14(19)12-9-11(17)3-4-13(12)16/h3-4,9-10,18H,5-8H2,1-2H3/p+1. The van der Waals surface area contributed by atoms with Crippen molar-refractivity contribution in [2.75, 3.05) is 13.1 Å². The zero-order valence-electron chi connectivity index (χ0n) is 11.8. The molecule has 0 bridgehead atoms. The van der Waals surface area contributed by atoms with Crippen LogP contribution in [0, 0.1) is 15.3 Å². The SMILES string of the molecule is CC(C)(OC(=O)c1cc(I)ccc1F)C1CC[NH2+]CC1. The smallest absolute Gasteiger partial charge is 0.341 e. The number of piperidine rings is 1. The maximum Gasteiger partial charge on any atom is 0.341 e. The van der Waals surface area contributed by atoms with Crippen LogP contribution in [0.5, 0.6) is 0 Å². The average Bonchev–Trinajstić information content (AvgIpc) is 2.42. The molecule has 0 saturated carbocycles. The van der Waals surface area contributed by atoms with Gasteiger partial charge in [-0.05, 0) is 54.6 Å². The second kappa shape index (κ2) is 6.39. The summed E-state index contributed by atoms with van der Waals surface area (Å²) in [5, 5.41) is 2.27. The highest BCUT2D eigenvalue weighted by Crippen LogP contribution is 2.29. The minimum atomic E-state index is -0.569. The van der Waals surface area contributed by atoms with Gasteiger partial charge in [0.05, 0.1) is 18.7 Å². The average molecular weight is 392 g/mol. The molecule has 1 aromatic rings. The third kappa shape index (κ3) is 3.69. The van der Waals surface area contributed by atoms with Crippen molar-refractivity contribution in [2.24, 2.45) is 5.92 Å². The van der Waals surface area contributed by atoms with Crippen LogP contribution in [0.25, 0.3) is 0 Å². The van der Waals surface area contributed by atoms with E-state index >= 15 is 0 Å². The number of benzene rings is 1. The Morgan fingerprint density at radius 1 is 1.40 bits per heavy atom. The van der Waals surface area contributed by atoms with Gasteiger partial charge in [-0.2, -0.15) is 0 Å². The first-order chi connectivity index (χ1) is 9.40. The molecule has 1 aliphatic heterocycles. The Morgan fingerprint density at radius 2 is 2.05 bits per heavy atom. The van der Waals surface area contributed by atoms with Crippen molar-refractivity contribution in [3.63, 3.8) is 0 Å². The van der Waals surface area contributed by atoms with Crippen molar-refractivity contribution in [2.45, 2.75) is 32.3 Å². The molecule has 1 saturated heterocycles. The van der Waals surface area contributed by atoms with Gasteiger partial charge < -0.3 is 10.1 Å². The first-order valence-corrected chi connectivity index (χ1v) is 7.98. The molecule has 0 aromatic heterocycles. The van der Waals surface area contributed by atoms with E-state index in [1.807, 2.05) is 13.8 Å². The number of carbonyl (C=O) groups is 1. The number of esters is 1. The largest absolute Gasteiger partial charge is 0.456 e. The third-order valence-electron chi connectivity index (χ3n) is 3.93. The summed E-state index contributed by atoms with van der Waals surface area (Å²) >= 11 is 2.06. The highest BCUT2D eigenvalue weighted by atomic mass is 127. The molecule has 0 unspecified atom stereocenters. The second-order valence-electron chi connectivity index (χ2n) is 5.76. The van der Waals surface area contributed by atoms with Gasteiger partial charge in [-0.3, -0.25) is 0 Å². The highest BCUT2D eigenvalue weighted by molar-refractivity contribution is 14.1. The van der Waals surface area contributed by atoms with E-state index in [1.165, 1.54) is 12.1 Å². The van der Waals surface area contributed by atoms with Crippen molar-refractivity contribution >= 4 is 28.6 Å². The van der Waals surface area contributed by atoms with Gasteiger partial charge in [0, 0.05) is 22.3 Å². The molecule has 1 fully saturated rings. The van der Waals surface area contributed by atoms with Crippen LogP contribution in [0.2, 0.25) is 0 Å². The first-order valence-electron chi connectivity index (χ1n) is 6.90. The molecular formula is C15H20FINO2+. The number of ether oxygens (including phenoxy) is 1. The van der Waals surface area contributed by atoms with Gasteiger partial charge in [-0.15, -0.1) is 0 Å². The quantitative estimate of drug-likeness (QED) is 0.634. The fourth-order valence-corrected chi connectivity index (χ4v) is 3.14. The lowest BCUT2D eigenvalue weighted by Gasteiger charge is -2.35. The minimum Gasteiger partial charge on any atom is -0.456 e. The van der Waals surface area contributed by atoms with Crippen LogP contribution >= 0.6 is 22.6 Å². The van der Waals surface area contributed by atoms with Crippen molar-refractivity contribution in [1.29, 1.82) is 0 Å². The van der Waals surface area contributed by atoms with Gasteiger partial charge in [0.2, 0.25) is 0 Å². The maximum atomic E-state index is 13.7. The molecule has 1 heterocycles. The van der Waals surface area contributed by atoms with Crippen molar-refractivity contribution in [3.8, 4) is 0 Å². The summed E-state index contributed by atoms with van der Waals surface area (Å²) in [7, 11) is 0. The summed E-state index contributed by atoms with van der Waals surface area (Å²) in [6.07, 6.45) is 2.05. The monoisotopic (exact) mass is 392 g/mol. The molecule has 0 radical (unpaired) electrons. The number of nitrogens with two attached hydrogens (primary N) is 1. The molecule has 1 aromatic carbocycles.